The molecule has 0 radical (unpaired) electrons. The van der Waals surface area contributed by atoms with E-state index >= 15 is 0 Å². The standard InChI is InChI=1S/C18H31N/c1-6-13(5)10-17(19)18-15(8-3)11-14(7-2)12-16(18)9-4/h11-13,17H,6-10,19H2,1-5H3. The van der Waals surface area contributed by atoms with Crippen molar-refractivity contribution in [2.24, 2.45) is 11.7 Å². The molecule has 0 fully saturated rings. The SMILES string of the molecule is CCc1cc(CC)c(C(N)CC(C)CC)c(CC)c1. The van der Waals surface area contributed by atoms with E-state index in [9.17, 15) is 0 Å². The lowest BCUT2D eigenvalue weighted by Gasteiger charge is -2.23. The maximum absolute atomic E-state index is 6.52. The molecule has 0 heterocycles. The Bertz CT molecular complexity index is 370. The summed E-state index contributed by atoms with van der Waals surface area (Å²) in [5.41, 5.74) is 12.3. The van der Waals surface area contributed by atoms with E-state index in [1.165, 1.54) is 28.7 Å². The molecule has 0 aliphatic carbocycles. The lowest BCUT2D eigenvalue weighted by Crippen LogP contribution is -2.18. The maximum Gasteiger partial charge on any atom is 0.0302 e. The number of hydrogen-bond acceptors (Lipinski definition) is 1. The Morgan fingerprint density at radius 3 is 1.84 bits per heavy atom. The van der Waals surface area contributed by atoms with E-state index in [1.54, 1.807) is 0 Å². The van der Waals surface area contributed by atoms with Gasteiger partial charge in [-0.25, -0.2) is 0 Å². The third-order valence-corrected chi connectivity index (χ3v) is 4.31. The van der Waals surface area contributed by atoms with Crippen LogP contribution in [-0.2, 0) is 19.3 Å². The highest BCUT2D eigenvalue weighted by Gasteiger charge is 2.17. The first-order valence-electron chi connectivity index (χ1n) is 7.97. The highest BCUT2D eigenvalue weighted by Crippen LogP contribution is 2.29. The molecular weight excluding hydrogens is 230 g/mol. The zero-order chi connectivity index (χ0) is 14.4. The normalized spacial score (nSPS) is 14.4. The average molecular weight is 261 g/mol. The Labute approximate surface area is 119 Å². The van der Waals surface area contributed by atoms with E-state index in [0.717, 1.165) is 25.7 Å². The van der Waals surface area contributed by atoms with Gasteiger partial charge in [0.15, 0.2) is 0 Å². The second-order valence-electron chi connectivity index (χ2n) is 5.74. The molecule has 0 saturated carbocycles. The summed E-state index contributed by atoms with van der Waals surface area (Å²) < 4.78 is 0. The molecule has 1 nitrogen and oxygen atoms in total. The van der Waals surface area contributed by atoms with Crippen molar-refractivity contribution in [3.05, 3.63) is 34.4 Å². The Morgan fingerprint density at radius 1 is 0.947 bits per heavy atom. The number of aryl methyl sites for hydroxylation is 3. The molecule has 1 aromatic rings. The van der Waals surface area contributed by atoms with Gasteiger partial charge in [0.05, 0.1) is 0 Å². The van der Waals surface area contributed by atoms with E-state index in [1.807, 2.05) is 0 Å². The summed E-state index contributed by atoms with van der Waals surface area (Å²) in [7, 11) is 0. The molecule has 0 spiro atoms. The van der Waals surface area contributed by atoms with Gasteiger partial charge < -0.3 is 5.73 Å². The van der Waals surface area contributed by atoms with Crippen molar-refractivity contribution in [3.63, 3.8) is 0 Å². The van der Waals surface area contributed by atoms with E-state index in [0.29, 0.717) is 5.92 Å². The van der Waals surface area contributed by atoms with Crippen molar-refractivity contribution in [2.45, 2.75) is 72.8 Å². The molecule has 0 aromatic heterocycles. The van der Waals surface area contributed by atoms with Crippen molar-refractivity contribution >= 4 is 0 Å². The third kappa shape index (κ3) is 4.07. The Morgan fingerprint density at radius 2 is 1.47 bits per heavy atom. The van der Waals surface area contributed by atoms with Crippen molar-refractivity contribution in [1.29, 1.82) is 0 Å². The van der Waals surface area contributed by atoms with Crippen molar-refractivity contribution in [1.82, 2.24) is 0 Å². The van der Waals surface area contributed by atoms with Crippen LogP contribution in [0.1, 0.15) is 75.8 Å². The summed E-state index contributed by atoms with van der Waals surface area (Å²) in [6.45, 7) is 11.3. The van der Waals surface area contributed by atoms with Gasteiger partial charge in [0.1, 0.15) is 0 Å². The molecule has 2 N–H and O–H groups in total. The van der Waals surface area contributed by atoms with Gasteiger partial charge in [-0.05, 0) is 53.9 Å². The molecule has 0 aliphatic heterocycles. The maximum atomic E-state index is 6.52. The van der Waals surface area contributed by atoms with Crippen LogP contribution in [-0.4, -0.2) is 0 Å². The highest BCUT2D eigenvalue weighted by atomic mass is 14.6. The van der Waals surface area contributed by atoms with Gasteiger partial charge in [0.2, 0.25) is 0 Å². The first kappa shape index (κ1) is 16.2. The summed E-state index contributed by atoms with van der Waals surface area (Å²) in [5, 5.41) is 0. The second kappa shape index (κ2) is 7.69. The van der Waals surface area contributed by atoms with Crippen LogP contribution in [0.3, 0.4) is 0 Å². The lowest BCUT2D eigenvalue weighted by atomic mass is 9.86. The van der Waals surface area contributed by atoms with Crippen LogP contribution in [0, 0.1) is 5.92 Å². The first-order valence-corrected chi connectivity index (χ1v) is 7.97. The smallest absolute Gasteiger partial charge is 0.0302 e. The molecule has 1 rings (SSSR count). The minimum Gasteiger partial charge on any atom is -0.324 e. The summed E-state index contributed by atoms with van der Waals surface area (Å²) in [6, 6.07) is 4.93. The molecule has 0 bridgehead atoms. The molecular formula is C18H31N. The van der Waals surface area contributed by atoms with Gasteiger partial charge in [0, 0.05) is 6.04 Å². The van der Waals surface area contributed by atoms with E-state index in [4.69, 9.17) is 5.73 Å². The van der Waals surface area contributed by atoms with E-state index < -0.39 is 0 Å². The molecule has 0 saturated heterocycles. The van der Waals surface area contributed by atoms with Crippen LogP contribution in [0.5, 0.6) is 0 Å². The quantitative estimate of drug-likeness (QED) is 0.749. The fourth-order valence-corrected chi connectivity index (χ4v) is 2.83. The highest BCUT2D eigenvalue weighted by molar-refractivity contribution is 5.41. The van der Waals surface area contributed by atoms with Crippen molar-refractivity contribution < 1.29 is 0 Å². The minimum atomic E-state index is 0.200. The topological polar surface area (TPSA) is 26.0 Å². The first-order chi connectivity index (χ1) is 9.07. The predicted octanol–water partition coefficient (Wildman–Crippen LogP) is 4.81. The largest absolute Gasteiger partial charge is 0.324 e. The van der Waals surface area contributed by atoms with Crippen LogP contribution in [0.4, 0.5) is 0 Å². The monoisotopic (exact) mass is 261 g/mol. The number of rotatable bonds is 7. The minimum absolute atomic E-state index is 0.200. The fourth-order valence-electron chi connectivity index (χ4n) is 2.83. The predicted molar refractivity (Wildman–Crippen MR) is 85.6 cm³/mol. The zero-order valence-electron chi connectivity index (χ0n) is 13.4. The Balaban J connectivity index is 3.15. The van der Waals surface area contributed by atoms with Crippen LogP contribution < -0.4 is 5.73 Å². The summed E-state index contributed by atoms with van der Waals surface area (Å²) in [5.74, 6) is 0.704. The average Bonchev–Trinajstić information content (AvgIpc) is 2.44. The molecule has 2 atom stereocenters. The van der Waals surface area contributed by atoms with E-state index in [2.05, 4.69) is 46.8 Å². The molecule has 0 aliphatic rings. The third-order valence-electron chi connectivity index (χ3n) is 4.31. The molecule has 1 aromatic carbocycles. The number of benzene rings is 1. The fraction of sp³-hybridized carbons (Fsp3) is 0.667. The second-order valence-corrected chi connectivity index (χ2v) is 5.74. The number of hydrogen-bond donors (Lipinski definition) is 1. The molecule has 2 unspecified atom stereocenters. The zero-order valence-corrected chi connectivity index (χ0v) is 13.4. The molecule has 19 heavy (non-hydrogen) atoms. The van der Waals surface area contributed by atoms with Gasteiger partial charge in [0.25, 0.3) is 0 Å². The van der Waals surface area contributed by atoms with Crippen molar-refractivity contribution in [3.8, 4) is 0 Å². The van der Waals surface area contributed by atoms with Crippen LogP contribution in [0.2, 0.25) is 0 Å². The van der Waals surface area contributed by atoms with Gasteiger partial charge >= 0.3 is 0 Å². The Hall–Kier alpha value is -0.820. The van der Waals surface area contributed by atoms with Crippen LogP contribution in [0.15, 0.2) is 12.1 Å². The van der Waals surface area contributed by atoms with E-state index in [-0.39, 0.29) is 6.04 Å². The number of nitrogens with two attached hydrogens (primary N) is 1. The Kier molecular flexibility index (Phi) is 6.57. The van der Waals surface area contributed by atoms with Gasteiger partial charge in [-0.1, -0.05) is 53.2 Å². The van der Waals surface area contributed by atoms with Gasteiger partial charge in [-0.3, -0.25) is 0 Å². The summed E-state index contributed by atoms with van der Waals surface area (Å²) >= 11 is 0. The van der Waals surface area contributed by atoms with Gasteiger partial charge in [-0.15, -0.1) is 0 Å². The molecule has 1 heteroatoms. The lowest BCUT2D eigenvalue weighted by molar-refractivity contribution is 0.458. The summed E-state index contributed by atoms with van der Waals surface area (Å²) in [4.78, 5) is 0. The van der Waals surface area contributed by atoms with Crippen molar-refractivity contribution in [2.75, 3.05) is 0 Å². The van der Waals surface area contributed by atoms with Gasteiger partial charge in [-0.2, -0.15) is 0 Å². The summed E-state index contributed by atoms with van der Waals surface area (Å²) in [6.07, 6.45) is 5.60. The molecule has 108 valence electrons. The van der Waals surface area contributed by atoms with Crippen LogP contribution >= 0.6 is 0 Å². The van der Waals surface area contributed by atoms with Crippen LogP contribution in [0.25, 0.3) is 0 Å². The molecule has 0 amide bonds.